The van der Waals surface area contributed by atoms with Gasteiger partial charge in [0.1, 0.15) is 0 Å². The number of benzene rings is 1. The average molecular weight is 212 g/mol. The van der Waals surface area contributed by atoms with Crippen molar-refractivity contribution in [2.24, 2.45) is 0 Å². The summed E-state index contributed by atoms with van der Waals surface area (Å²) in [5, 5.41) is 9.99. The summed E-state index contributed by atoms with van der Waals surface area (Å²) in [7, 11) is 1.25. The maximum absolute atomic E-state index is 11.3. The van der Waals surface area contributed by atoms with Crippen LogP contribution in [0.2, 0.25) is 5.02 Å². The molecule has 0 fully saturated rings. The van der Waals surface area contributed by atoms with Crippen LogP contribution in [-0.4, -0.2) is 23.2 Å². The van der Waals surface area contributed by atoms with Gasteiger partial charge in [-0.3, -0.25) is 10.0 Å². The van der Waals surface area contributed by atoms with Crippen molar-refractivity contribution in [1.29, 1.82) is 0 Å². The molecule has 0 aliphatic rings. The summed E-state index contributed by atoms with van der Waals surface area (Å²) in [6.07, 6.45) is 0. The molecule has 1 aromatic rings. The number of likely N-dealkylation sites (N-methyl/N-ethyl adjacent to an activating group) is 1. The zero-order valence-electron chi connectivity index (χ0n) is 7.70. The van der Waals surface area contributed by atoms with Crippen molar-refractivity contribution in [3.8, 4) is 0 Å². The van der Waals surface area contributed by atoms with E-state index in [2.05, 4.69) is 6.58 Å². The normalized spacial score (nSPS) is 9.64. The fourth-order valence-electron chi connectivity index (χ4n) is 0.970. The summed E-state index contributed by atoms with van der Waals surface area (Å²) in [5.74, 6) is -0.535. The summed E-state index contributed by atoms with van der Waals surface area (Å²) in [6, 6.07) is 6.66. The van der Waals surface area contributed by atoms with Crippen molar-refractivity contribution < 1.29 is 10.0 Å². The van der Waals surface area contributed by atoms with Crippen molar-refractivity contribution in [3.05, 3.63) is 41.4 Å². The van der Waals surface area contributed by atoms with Crippen LogP contribution in [0.1, 0.15) is 5.56 Å². The third-order valence-electron chi connectivity index (χ3n) is 1.74. The Morgan fingerprint density at radius 1 is 1.43 bits per heavy atom. The van der Waals surface area contributed by atoms with E-state index in [1.54, 1.807) is 24.3 Å². The SMILES string of the molecule is C=C(C(=O)N(C)O)c1ccc(Cl)cc1. The van der Waals surface area contributed by atoms with E-state index in [-0.39, 0.29) is 5.57 Å². The number of hydrogen-bond donors (Lipinski definition) is 1. The molecule has 0 saturated heterocycles. The van der Waals surface area contributed by atoms with Crippen LogP contribution in [0.4, 0.5) is 0 Å². The minimum Gasteiger partial charge on any atom is -0.286 e. The first-order valence-electron chi connectivity index (χ1n) is 3.94. The summed E-state index contributed by atoms with van der Waals surface area (Å²) in [4.78, 5) is 11.3. The maximum Gasteiger partial charge on any atom is 0.276 e. The van der Waals surface area contributed by atoms with Gasteiger partial charge in [0, 0.05) is 17.6 Å². The van der Waals surface area contributed by atoms with E-state index in [0.717, 1.165) is 0 Å². The smallest absolute Gasteiger partial charge is 0.276 e. The number of carbonyl (C=O) groups is 1. The first-order chi connectivity index (χ1) is 6.52. The highest BCUT2D eigenvalue weighted by Gasteiger charge is 2.12. The molecule has 3 nitrogen and oxygen atoms in total. The van der Waals surface area contributed by atoms with Crippen molar-refractivity contribution in [1.82, 2.24) is 5.06 Å². The van der Waals surface area contributed by atoms with E-state index in [9.17, 15) is 4.79 Å². The molecular formula is C10H10ClNO2. The summed E-state index contributed by atoms with van der Waals surface area (Å²) in [5.41, 5.74) is 0.868. The molecule has 0 bridgehead atoms. The molecule has 0 spiro atoms. The van der Waals surface area contributed by atoms with Gasteiger partial charge in [-0.05, 0) is 17.7 Å². The van der Waals surface area contributed by atoms with E-state index in [4.69, 9.17) is 16.8 Å². The Balaban J connectivity index is 2.90. The Morgan fingerprint density at radius 2 is 1.93 bits per heavy atom. The molecule has 4 heteroatoms. The van der Waals surface area contributed by atoms with Crippen LogP contribution in [0, 0.1) is 0 Å². The first kappa shape index (κ1) is 10.8. The van der Waals surface area contributed by atoms with Crippen LogP contribution < -0.4 is 0 Å². The predicted octanol–water partition coefficient (Wildman–Crippen LogP) is 2.20. The number of halogens is 1. The van der Waals surface area contributed by atoms with E-state index in [0.29, 0.717) is 15.6 Å². The topological polar surface area (TPSA) is 40.5 Å². The standard InChI is InChI=1S/C10H10ClNO2/c1-7(10(13)12(2)14)8-3-5-9(11)6-4-8/h3-6,14H,1H2,2H3. The van der Waals surface area contributed by atoms with Crippen molar-refractivity contribution in [2.45, 2.75) is 0 Å². The Kier molecular flexibility index (Phi) is 3.28. The van der Waals surface area contributed by atoms with Gasteiger partial charge in [0.15, 0.2) is 0 Å². The molecule has 0 saturated carbocycles. The van der Waals surface area contributed by atoms with Gasteiger partial charge in [0.25, 0.3) is 5.91 Å². The molecule has 0 aliphatic heterocycles. The Bertz CT molecular complexity index is 357. The van der Waals surface area contributed by atoms with Gasteiger partial charge in [0.2, 0.25) is 0 Å². The molecule has 1 amide bonds. The highest BCUT2D eigenvalue weighted by Crippen LogP contribution is 2.17. The number of amides is 1. The van der Waals surface area contributed by atoms with E-state index < -0.39 is 5.91 Å². The van der Waals surface area contributed by atoms with E-state index in [1.807, 2.05) is 0 Å². The van der Waals surface area contributed by atoms with Crippen LogP contribution in [0.15, 0.2) is 30.8 Å². The second-order valence-corrected chi connectivity index (χ2v) is 3.25. The monoisotopic (exact) mass is 211 g/mol. The van der Waals surface area contributed by atoms with Gasteiger partial charge >= 0.3 is 0 Å². The van der Waals surface area contributed by atoms with Gasteiger partial charge in [-0.25, -0.2) is 5.06 Å². The molecule has 0 aromatic heterocycles. The van der Waals surface area contributed by atoms with Crippen molar-refractivity contribution in [2.75, 3.05) is 7.05 Å². The zero-order chi connectivity index (χ0) is 10.7. The molecule has 0 aliphatic carbocycles. The van der Waals surface area contributed by atoms with Crippen molar-refractivity contribution >= 4 is 23.1 Å². The number of hydroxylamine groups is 2. The van der Waals surface area contributed by atoms with Crippen LogP contribution >= 0.6 is 11.6 Å². The van der Waals surface area contributed by atoms with Gasteiger partial charge < -0.3 is 0 Å². The lowest BCUT2D eigenvalue weighted by Crippen LogP contribution is -2.22. The van der Waals surface area contributed by atoms with Crippen LogP contribution in [0.3, 0.4) is 0 Å². The predicted molar refractivity (Wildman–Crippen MR) is 55.0 cm³/mol. The fraction of sp³-hybridized carbons (Fsp3) is 0.100. The Hall–Kier alpha value is -1.32. The molecule has 0 radical (unpaired) electrons. The lowest BCUT2D eigenvalue weighted by molar-refractivity contribution is -0.151. The minimum atomic E-state index is -0.535. The number of nitrogens with zero attached hydrogens (tertiary/aromatic N) is 1. The average Bonchev–Trinajstić information content (AvgIpc) is 2.16. The highest BCUT2D eigenvalue weighted by molar-refractivity contribution is 6.30. The molecule has 0 heterocycles. The summed E-state index contributed by atoms with van der Waals surface area (Å²) in [6.45, 7) is 3.58. The molecule has 1 N–H and O–H groups in total. The van der Waals surface area contributed by atoms with Gasteiger partial charge in [-0.15, -0.1) is 0 Å². The quantitative estimate of drug-likeness (QED) is 0.463. The zero-order valence-corrected chi connectivity index (χ0v) is 8.45. The molecule has 1 aromatic carbocycles. The third-order valence-corrected chi connectivity index (χ3v) is 2.00. The molecule has 0 atom stereocenters. The summed E-state index contributed by atoms with van der Waals surface area (Å²) < 4.78 is 0. The van der Waals surface area contributed by atoms with E-state index >= 15 is 0 Å². The molecule has 1 rings (SSSR count). The largest absolute Gasteiger partial charge is 0.286 e. The number of hydrogen-bond acceptors (Lipinski definition) is 2. The van der Waals surface area contributed by atoms with Crippen molar-refractivity contribution in [3.63, 3.8) is 0 Å². The Labute approximate surface area is 87.2 Å². The number of rotatable bonds is 2. The second kappa shape index (κ2) is 4.26. The highest BCUT2D eigenvalue weighted by atomic mass is 35.5. The van der Waals surface area contributed by atoms with Gasteiger partial charge in [-0.2, -0.15) is 0 Å². The van der Waals surface area contributed by atoms with Crippen LogP contribution in [0.5, 0.6) is 0 Å². The molecular weight excluding hydrogens is 202 g/mol. The second-order valence-electron chi connectivity index (χ2n) is 2.81. The maximum atomic E-state index is 11.3. The summed E-state index contributed by atoms with van der Waals surface area (Å²) >= 11 is 5.68. The van der Waals surface area contributed by atoms with Gasteiger partial charge in [0.05, 0.1) is 0 Å². The molecule has 14 heavy (non-hydrogen) atoms. The molecule has 74 valence electrons. The number of carbonyl (C=O) groups excluding carboxylic acids is 1. The third kappa shape index (κ3) is 2.34. The first-order valence-corrected chi connectivity index (χ1v) is 4.32. The lowest BCUT2D eigenvalue weighted by Gasteiger charge is -2.10. The lowest BCUT2D eigenvalue weighted by atomic mass is 10.1. The molecule has 0 unspecified atom stereocenters. The van der Waals surface area contributed by atoms with Gasteiger partial charge in [-0.1, -0.05) is 30.3 Å². The van der Waals surface area contributed by atoms with Crippen LogP contribution in [0.25, 0.3) is 5.57 Å². The van der Waals surface area contributed by atoms with Crippen LogP contribution in [-0.2, 0) is 4.79 Å². The minimum absolute atomic E-state index is 0.228. The Morgan fingerprint density at radius 3 is 2.36 bits per heavy atom. The van der Waals surface area contributed by atoms with E-state index in [1.165, 1.54) is 7.05 Å². The fourth-order valence-corrected chi connectivity index (χ4v) is 1.10.